The average Bonchev–Trinajstić information content (AvgIpc) is 2.52. The second kappa shape index (κ2) is 62.2. The van der Waals surface area contributed by atoms with Gasteiger partial charge in [-0.1, -0.05) is 257 Å². The molecule has 0 aliphatic rings. The molecule has 0 aliphatic heterocycles. The van der Waals surface area contributed by atoms with Crippen LogP contribution in [0.15, 0.2) is 48.6 Å². The third-order valence-corrected chi connectivity index (χ3v) is 17.5. The lowest BCUT2D eigenvalue weighted by Crippen LogP contribution is -2.30. The zero-order chi connectivity index (χ0) is 66.5. The maximum Gasteiger partial charge on any atom is 0.472 e. The summed E-state index contributed by atoms with van der Waals surface area (Å²) >= 11 is 0. The van der Waals surface area contributed by atoms with Crippen molar-refractivity contribution in [1.29, 1.82) is 0 Å². The quantitative estimate of drug-likeness (QED) is 0.0169. The molecule has 0 saturated heterocycles. The van der Waals surface area contributed by atoms with Crippen LogP contribution in [0.5, 0.6) is 0 Å². The maximum absolute atomic E-state index is 13.0. The highest BCUT2D eigenvalue weighted by Crippen LogP contribution is 2.45. The van der Waals surface area contributed by atoms with Gasteiger partial charge in [-0.25, -0.2) is 9.13 Å². The van der Waals surface area contributed by atoms with Crippen LogP contribution < -0.4 is 0 Å². The Morgan fingerprint density at radius 1 is 0.367 bits per heavy atom. The summed E-state index contributed by atoms with van der Waals surface area (Å²) < 4.78 is 68.2. The number of esters is 4. The number of aliphatic hydroxyl groups excluding tert-OH is 1. The van der Waals surface area contributed by atoms with Gasteiger partial charge >= 0.3 is 39.5 Å². The van der Waals surface area contributed by atoms with Gasteiger partial charge in [0.15, 0.2) is 12.2 Å². The van der Waals surface area contributed by atoms with Crippen molar-refractivity contribution >= 4 is 39.5 Å². The monoisotopic (exact) mass is 1320 g/mol. The minimum Gasteiger partial charge on any atom is -0.462 e. The van der Waals surface area contributed by atoms with Crippen LogP contribution in [-0.4, -0.2) is 96.7 Å². The molecule has 4 unspecified atom stereocenters. The van der Waals surface area contributed by atoms with Crippen LogP contribution in [0.3, 0.4) is 0 Å². The molecule has 0 saturated carbocycles. The number of carbonyl (C=O) groups is 4. The first-order chi connectivity index (χ1) is 43.4. The zero-order valence-electron chi connectivity index (χ0n) is 57.4. The summed E-state index contributed by atoms with van der Waals surface area (Å²) in [6, 6.07) is 0. The van der Waals surface area contributed by atoms with E-state index in [0.717, 1.165) is 128 Å². The average molecular weight is 1320 g/mol. The van der Waals surface area contributed by atoms with Gasteiger partial charge in [0.2, 0.25) is 0 Å². The molecule has 0 radical (unpaired) electrons. The number of ether oxygens (including phenoxy) is 4. The number of aliphatic hydroxyl groups is 1. The van der Waals surface area contributed by atoms with E-state index in [-0.39, 0.29) is 25.7 Å². The normalized spacial score (nSPS) is 14.8. The molecule has 0 heterocycles. The Kier molecular flexibility index (Phi) is 60.1. The Labute approximate surface area is 547 Å². The molecule has 17 nitrogen and oxygen atoms in total. The molecule has 0 aliphatic carbocycles. The van der Waals surface area contributed by atoms with E-state index in [4.69, 9.17) is 37.0 Å². The number of unbranched alkanes of at least 4 members (excludes halogenated alkanes) is 29. The molecule has 0 aromatic heterocycles. The van der Waals surface area contributed by atoms with Crippen LogP contribution in [0.1, 0.15) is 311 Å². The molecule has 90 heavy (non-hydrogen) atoms. The van der Waals surface area contributed by atoms with Crippen LogP contribution in [0.4, 0.5) is 0 Å². The molecule has 0 amide bonds. The smallest absolute Gasteiger partial charge is 0.462 e. The highest BCUT2D eigenvalue weighted by atomic mass is 31.2. The Morgan fingerprint density at radius 3 is 0.989 bits per heavy atom. The lowest BCUT2D eigenvalue weighted by atomic mass is 10.00. The van der Waals surface area contributed by atoms with Gasteiger partial charge in [0, 0.05) is 25.7 Å². The first-order valence-electron chi connectivity index (χ1n) is 35.7. The number of hydrogen-bond donors (Lipinski definition) is 3. The van der Waals surface area contributed by atoms with E-state index in [1.54, 1.807) is 0 Å². The predicted octanol–water partition coefficient (Wildman–Crippen LogP) is 19.5. The Morgan fingerprint density at radius 2 is 0.656 bits per heavy atom. The lowest BCUT2D eigenvalue weighted by molar-refractivity contribution is -0.161. The van der Waals surface area contributed by atoms with E-state index in [1.165, 1.54) is 89.9 Å². The lowest BCUT2D eigenvalue weighted by Gasteiger charge is -2.21. The summed E-state index contributed by atoms with van der Waals surface area (Å²) in [6.07, 6.45) is 53.1. The molecule has 526 valence electrons. The summed E-state index contributed by atoms with van der Waals surface area (Å²) in [5.41, 5.74) is 0. The summed E-state index contributed by atoms with van der Waals surface area (Å²) in [5.74, 6) is -0.774. The Hall–Kier alpha value is -2.98. The molecule has 0 bridgehead atoms. The van der Waals surface area contributed by atoms with Crippen molar-refractivity contribution in [2.75, 3.05) is 39.6 Å². The van der Waals surface area contributed by atoms with Crippen LogP contribution in [0.25, 0.3) is 0 Å². The second-order valence-electron chi connectivity index (χ2n) is 25.0. The zero-order valence-corrected chi connectivity index (χ0v) is 59.2. The molecule has 0 spiro atoms. The van der Waals surface area contributed by atoms with Crippen LogP contribution in [0.2, 0.25) is 0 Å². The second-order valence-corrected chi connectivity index (χ2v) is 27.9. The third kappa shape index (κ3) is 62.5. The van der Waals surface area contributed by atoms with Gasteiger partial charge in [-0.15, -0.1) is 0 Å². The van der Waals surface area contributed by atoms with Gasteiger partial charge in [-0.2, -0.15) is 0 Å². The maximum atomic E-state index is 13.0. The van der Waals surface area contributed by atoms with Crippen molar-refractivity contribution in [3.8, 4) is 0 Å². The van der Waals surface area contributed by atoms with Gasteiger partial charge in [0.05, 0.1) is 26.4 Å². The molecule has 0 aromatic rings. The molecule has 3 N–H and O–H groups in total. The van der Waals surface area contributed by atoms with Gasteiger partial charge in [-0.05, 0) is 88.9 Å². The molecular formula is C71H130O17P2. The van der Waals surface area contributed by atoms with Crippen LogP contribution >= 0.6 is 15.6 Å². The molecule has 19 heteroatoms. The third-order valence-electron chi connectivity index (χ3n) is 15.6. The summed E-state index contributed by atoms with van der Waals surface area (Å²) in [5, 5.41) is 10.6. The van der Waals surface area contributed by atoms with E-state index < -0.39 is 97.5 Å². The number of rotatable bonds is 66. The molecule has 6 atom stereocenters. The van der Waals surface area contributed by atoms with Gasteiger partial charge in [0.25, 0.3) is 0 Å². The first-order valence-corrected chi connectivity index (χ1v) is 38.7. The van der Waals surface area contributed by atoms with E-state index >= 15 is 0 Å². The largest absolute Gasteiger partial charge is 0.472 e. The van der Waals surface area contributed by atoms with Gasteiger partial charge < -0.3 is 33.8 Å². The highest BCUT2D eigenvalue weighted by molar-refractivity contribution is 7.47. The fraction of sp³-hybridized carbons (Fsp3) is 0.831. The van der Waals surface area contributed by atoms with Crippen molar-refractivity contribution in [1.82, 2.24) is 0 Å². The number of phosphoric acid groups is 2. The number of allylic oxidation sites excluding steroid dienone is 8. The minimum atomic E-state index is -4.96. The standard InChI is InChI=1S/C71H130O17P2/c1-7-10-12-14-16-18-20-22-24-26-28-30-34-41-47-53-68(73)81-60-67(88-71(76)56-50-44-38-37-40-46-52-64(6)9-3)62-86-90(79,80)84-58-65(72)57-83-89(77,78)85-61-66(59-82-69(74)54-48-42-36-32-33-39-45-51-63(4)5)87-70(75)55-49-43-35-31-29-27-25-23-21-19-17-15-13-11-8-2/h18-25,63-67,72H,7-17,26-62H2,1-6H3,(H,77,78)(H,79,80)/b20-18-,21-19-,24-22-,25-23-/t64?,65?,66-,67-/m1/s1. The van der Waals surface area contributed by atoms with Crippen LogP contribution in [-0.2, 0) is 65.4 Å². The van der Waals surface area contributed by atoms with Gasteiger partial charge in [0.1, 0.15) is 19.3 Å². The number of carbonyl (C=O) groups excluding carboxylic acids is 4. The minimum absolute atomic E-state index is 0.0815. The molecular weight excluding hydrogens is 1190 g/mol. The fourth-order valence-electron chi connectivity index (χ4n) is 9.66. The summed E-state index contributed by atoms with van der Waals surface area (Å²) in [6.45, 7) is 9.30. The summed E-state index contributed by atoms with van der Waals surface area (Å²) in [7, 11) is -9.93. The van der Waals surface area contributed by atoms with Gasteiger partial charge in [-0.3, -0.25) is 37.3 Å². The number of phosphoric ester groups is 2. The van der Waals surface area contributed by atoms with E-state index in [0.29, 0.717) is 37.5 Å². The molecule has 0 fully saturated rings. The highest BCUT2D eigenvalue weighted by Gasteiger charge is 2.30. The SMILES string of the molecule is CCCCCC/C=C\C=C/CCCCCCCC(=O)OC[C@H](COP(=O)(O)OCC(O)COP(=O)(O)OC[C@@H](COC(=O)CCCCCCCCCC(C)C)OC(=O)CCCCCCC/C=C\C=C/CCCCCC)OC(=O)CCCCCCCCC(C)CC. The Bertz CT molecular complexity index is 1940. The van der Waals surface area contributed by atoms with Crippen molar-refractivity contribution in [2.45, 2.75) is 330 Å². The predicted molar refractivity (Wildman–Crippen MR) is 363 cm³/mol. The Balaban J connectivity index is 5.30. The summed E-state index contributed by atoms with van der Waals surface area (Å²) in [4.78, 5) is 72.5. The van der Waals surface area contributed by atoms with E-state index in [1.807, 2.05) is 0 Å². The van der Waals surface area contributed by atoms with E-state index in [2.05, 4.69) is 90.2 Å². The van der Waals surface area contributed by atoms with Crippen LogP contribution in [0, 0.1) is 11.8 Å². The first kappa shape index (κ1) is 87.0. The fourth-order valence-corrected chi connectivity index (χ4v) is 11.2. The molecule has 0 rings (SSSR count). The number of hydrogen-bond acceptors (Lipinski definition) is 15. The van der Waals surface area contributed by atoms with Crippen molar-refractivity contribution < 1.29 is 80.2 Å². The van der Waals surface area contributed by atoms with Crippen molar-refractivity contribution in [2.24, 2.45) is 11.8 Å². The molecule has 0 aromatic carbocycles. The topological polar surface area (TPSA) is 237 Å². The van der Waals surface area contributed by atoms with Crippen molar-refractivity contribution in [3.63, 3.8) is 0 Å². The van der Waals surface area contributed by atoms with Crippen molar-refractivity contribution in [3.05, 3.63) is 48.6 Å². The van der Waals surface area contributed by atoms with E-state index in [9.17, 15) is 43.2 Å².